The van der Waals surface area contributed by atoms with Gasteiger partial charge in [-0.2, -0.15) is 9.78 Å². The predicted molar refractivity (Wildman–Crippen MR) is 149 cm³/mol. The highest BCUT2D eigenvalue weighted by atomic mass is 127. The molecule has 1 aliphatic rings. The van der Waals surface area contributed by atoms with Gasteiger partial charge in [-0.1, -0.05) is 61.2 Å². The van der Waals surface area contributed by atoms with Crippen molar-refractivity contribution in [3.8, 4) is 5.75 Å². The van der Waals surface area contributed by atoms with Gasteiger partial charge in [-0.3, -0.25) is 4.79 Å². The third kappa shape index (κ3) is 5.48. The fourth-order valence-electron chi connectivity index (χ4n) is 4.68. The Bertz CT molecular complexity index is 1440. The molecule has 5 rings (SSSR count). The maximum Gasteiger partial charge on any atom is 0.282 e. The highest BCUT2D eigenvalue weighted by molar-refractivity contribution is 14.1. The molecule has 0 bridgehead atoms. The summed E-state index contributed by atoms with van der Waals surface area (Å²) in [5, 5.41) is 5.24. The van der Waals surface area contributed by atoms with Crippen molar-refractivity contribution in [1.29, 1.82) is 0 Å². The number of para-hydroxylation sites is 1. The number of benzene rings is 3. The second-order valence-electron chi connectivity index (χ2n) is 9.15. The first-order chi connectivity index (χ1) is 17.1. The van der Waals surface area contributed by atoms with Crippen molar-refractivity contribution in [3.63, 3.8) is 0 Å². The lowest BCUT2D eigenvalue weighted by Crippen LogP contribution is -2.25. The lowest BCUT2D eigenvalue weighted by Gasteiger charge is -2.22. The van der Waals surface area contributed by atoms with Crippen LogP contribution in [0.5, 0.6) is 5.75 Å². The number of ether oxygens (including phenoxy) is 1. The SMILES string of the molecule is Cc1cccc(COc2ccc(C=Nn3c(C4CCCCC4)nc4ccccc4c3=O)cc2I)c1. The molecule has 0 aliphatic heterocycles. The number of rotatable bonds is 6. The topological polar surface area (TPSA) is 56.5 Å². The van der Waals surface area contributed by atoms with Crippen molar-refractivity contribution in [1.82, 2.24) is 9.66 Å². The number of aryl methyl sites for hydroxylation is 1. The van der Waals surface area contributed by atoms with Gasteiger partial charge in [0.25, 0.3) is 5.56 Å². The number of hydrogen-bond donors (Lipinski definition) is 0. The number of aromatic nitrogens is 2. The van der Waals surface area contributed by atoms with Gasteiger partial charge in [0.2, 0.25) is 0 Å². The van der Waals surface area contributed by atoms with Crippen LogP contribution in [0.4, 0.5) is 0 Å². The monoisotopic (exact) mass is 577 g/mol. The Kier molecular flexibility index (Phi) is 7.27. The smallest absolute Gasteiger partial charge is 0.282 e. The van der Waals surface area contributed by atoms with Gasteiger partial charge in [0.1, 0.15) is 18.2 Å². The molecule has 0 N–H and O–H groups in total. The van der Waals surface area contributed by atoms with Crippen LogP contribution in [0.15, 0.2) is 76.6 Å². The van der Waals surface area contributed by atoms with E-state index in [4.69, 9.17) is 9.72 Å². The molecule has 178 valence electrons. The van der Waals surface area contributed by atoms with Crippen LogP contribution in [0.2, 0.25) is 0 Å². The van der Waals surface area contributed by atoms with E-state index >= 15 is 0 Å². The van der Waals surface area contributed by atoms with Gasteiger partial charge in [-0.15, -0.1) is 0 Å². The molecule has 3 aromatic carbocycles. The Labute approximate surface area is 219 Å². The van der Waals surface area contributed by atoms with Gasteiger partial charge >= 0.3 is 0 Å². The van der Waals surface area contributed by atoms with Gasteiger partial charge in [0, 0.05) is 5.92 Å². The zero-order valence-electron chi connectivity index (χ0n) is 19.8. The first kappa shape index (κ1) is 23.7. The predicted octanol–water partition coefficient (Wildman–Crippen LogP) is 6.82. The molecule has 1 saturated carbocycles. The number of hydrogen-bond acceptors (Lipinski definition) is 4. The van der Waals surface area contributed by atoms with Crippen molar-refractivity contribution in [2.45, 2.75) is 51.6 Å². The standard InChI is InChI=1S/C29H28IN3O2/c1-20-8-7-9-22(16-20)19-35-27-15-14-21(17-25(27)30)18-31-33-28(23-10-3-2-4-11-23)32-26-13-6-5-12-24(26)29(33)34/h5-9,12-18,23H,2-4,10-11,19H2,1H3. The first-order valence-corrected chi connectivity index (χ1v) is 13.2. The highest BCUT2D eigenvalue weighted by Crippen LogP contribution is 2.32. The summed E-state index contributed by atoms with van der Waals surface area (Å²) in [5.41, 5.74) is 3.91. The lowest BCUT2D eigenvalue weighted by molar-refractivity contribution is 0.304. The molecular formula is C29H28IN3O2. The van der Waals surface area contributed by atoms with Gasteiger partial charge < -0.3 is 4.74 Å². The fraction of sp³-hybridized carbons (Fsp3) is 0.276. The summed E-state index contributed by atoms with van der Waals surface area (Å²) in [6.07, 6.45) is 7.42. The summed E-state index contributed by atoms with van der Waals surface area (Å²) in [5.74, 6) is 1.87. The van der Waals surface area contributed by atoms with Crippen LogP contribution in [0.3, 0.4) is 0 Å². The molecule has 0 saturated heterocycles. The molecule has 5 nitrogen and oxygen atoms in total. The Hall–Kier alpha value is -3.00. The van der Waals surface area contributed by atoms with Crippen LogP contribution >= 0.6 is 22.6 Å². The molecule has 35 heavy (non-hydrogen) atoms. The largest absolute Gasteiger partial charge is 0.488 e. The van der Waals surface area contributed by atoms with Gasteiger partial charge in [-0.25, -0.2) is 4.98 Å². The minimum Gasteiger partial charge on any atom is -0.488 e. The van der Waals surface area contributed by atoms with E-state index in [1.165, 1.54) is 29.5 Å². The van der Waals surface area contributed by atoms with Crippen LogP contribution in [0.1, 0.15) is 60.5 Å². The number of nitrogens with zero attached hydrogens (tertiary/aromatic N) is 3. The zero-order chi connectivity index (χ0) is 24.2. The van der Waals surface area contributed by atoms with E-state index in [0.717, 1.165) is 44.6 Å². The summed E-state index contributed by atoms with van der Waals surface area (Å²) in [6, 6.07) is 21.8. The van der Waals surface area contributed by atoms with Crippen molar-refractivity contribution >= 4 is 39.7 Å². The Morgan fingerprint density at radius 1 is 1.06 bits per heavy atom. The molecule has 1 aromatic heterocycles. The van der Waals surface area contributed by atoms with E-state index in [0.29, 0.717) is 12.0 Å². The van der Waals surface area contributed by atoms with E-state index in [2.05, 4.69) is 52.8 Å². The van der Waals surface area contributed by atoms with E-state index < -0.39 is 0 Å². The molecule has 1 aliphatic carbocycles. The van der Waals surface area contributed by atoms with Gasteiger partial charge in [-0.05, 0) is 83.8 Å². The minimum absolute atomic E-state index is 0.111. The summed E-state index contributed by atoms with van der Waals surface area (Å²) < 4.78 is 8.56. The van der Waals surface area contributed by atoms with Crippen LogP contribution in [0.25, 0.3) is 10.9 Å². The Morgan fingerprint density at radius 3 is 2.69 bits per heavy atom. The average molecular weight is 577 g/mol. The Balaban J connectivity index is 1.42. The van der Waals surface area contributed by atoms with Crippen molar-refractivity contribution in [2.24, 2.45) is 5.10 Å². The molecule has 1 heterocycles. The van der Waals surface area contributed by atoms with E-state index in [9.17, 15) is 4.79 Å². The zero-order valence-corrected chi connectivity index (χ0v) is 21.9. The van der Waals surface area contributed by atoms with Crippen LogP contribution in [-0.2, 0) is 6.61 Å². The fourth-order valence-corrected chi connectivity index (χ4v) is 5.37. The third-order valence-corrected chi connectivity index (χ3v) is 7.35. The quantitative estimate of drug-likeness (QED) is 0.187. The van der Waals surface area contributed by atoms with Gasteiger partial charge in [0.15, 0.2) is 0 Å². The van der Waals surface area contributed by atoms with Crippen LogP contribution < -0.4 is 10.3 Å². The average Bonchev–Trinajstić information content (AvgIpc) is 2.88. The molecule has 0 atom stereocenters. The van der Waals surface area contributed by atoms with Crippen LogP contribution in [-0.4, -0.2) is 15.9 Å². The third-order valence-electron chi connectivity index (χ3n) is 6.50. The number of fused-ring (bicyclic) bond motifs is 1. The molecular weight excluding hydrogens is 549 g/mol. The van der Waals surface area contributed by atoms with Crippen LogP contribution in [0, 0.1) is 10.5 Å². The minimum atomic E-state index is -0.111. The summed E-state index contributed by atoms with van der Waals surface area (Å²) >= 11 is 2.28. The molecule has 0 unspecified atom stereocenters. The molecule has 0 radical (unpaired) electrons. The van der Waals surface area contributed by atoms with Crippen molar-refractivity contribution in [3.05, 3.63) is 103 Å². The molecule has 6 heteroatoms. The second kappa shape index (κ2) is 10.7. The molecule has 0 spiro atoms. The first-order valence-electron chi connectivity index (χ1n) is 12.1. The number of halogens is 1. The maximum atomic E-state index is 13.4. The second-order valence-corrected chi connectivity index (χ2v) is 10.3. The van der Waals surface area contributed by atoms with E-state index in [1.54, 1.807) is 6.21 Å². The Morgan fingerprint density at radius 2 is 1.89 bits per heavy atom. The van der Waals surface area contributed by atoms with E-state index in [-0.39, 0.29) is 11.5 Å². The summed E-state index contributed by atoms with van der Waals surface area (Å²) in [7, 11) is 0. The van der Waals surface area contributed by atoms with E-state index in [1.807, 2.05) is 48.5 Å². The molecule has 4 aromatic rings. The molecule has 1 fully saturated rings. The lowest BCUT2D eigenvalue weighted by atomic mass is 9.88. The normalized spacial score (nSPS) is 14.6. The highest BCUT2D eigenvalue weighted by Gasteiger charge is 2.22. The maximum absolute atomic E-state index is 13.4. The molecule has 0 amide bonds. The summed E-state index contributed by atoms with van der Waals surface area (Å²) in [4.78, 5) is 18.3. The van der Waals surface area contributed by atoms with Crippen molar-refractivity contribution in [2.75, 3.05) is 0 Å². The van der Waals surface area contributed by atoms with Gasteiger partial charge in [0.05, 0.1) is 20.7 Å². The van der Waals surface area contributed by atoms with Crippen molar-refractivity contribution < 1.29 is 4.74 Å². The summed E-state index contributed by atoms with van der Waals surface area (Å²) in [6.45, 7) is 2.60.